The molecule has 1 aromatic heterocycles. The van der Waals surface area contributed by atoms with E-state index in [2.05, 4.69) is 5.32 Å². The van der Waals surface area contributed by atoms with Crippen LogP contribution >= 0.6 is 11.3 Å². The Morgan fingerprint density at radius 3 is 3.15 bits per heavy atom. The molecule has 1 saturated heterocycles. The van der Waals surface area contributed by atoms with Crippen molar-refractivity contribution >= 4 is 23.2 Å². The van der Waals surface area contributed by atoms with Crippen LogP contribution < -0.4 is 5.32 Å². The monoisotopic (exact) mass is 195 g/mol. The predicted molar refractivity (Wildman–Crippen MR) is 44.8 cm³/mol. The number of hydrogen-bond donors (Lipinski definition) is 1. The highest BCUT2D eigenvalue weighted by molar-refractivity contribution is 7.12. The number of thiophene rings is 1. The zero-order chi connectivity index (χ0) is 9.00. The van der Waals surface area contributed by atoms with Crippen molar-refractivity contribution in [3.8, 4) is 0 Å². The minimum atomic E-state index is -0.616. The maximum atomic E-state index is 11.6. The lowest BCUT2D eigenvalue weighted by atomic mass is 10.1. The Morgan fingerprint density at radius 2 is 2.31 bits per heavy atom. The Hall–Kier alpha value is -1.36. The summed E-state index contributed by atoms with van der Waals surface area (Å²) in [5.74, 6) is -0.0756. The van der Waals surface area contributed by atoms with Crippen LogP contribution in [0.25, 0.3) is 0 Å². The summed E-state index contributed by atoms with van der Waals surface area (Å²) in [5, 5.41) is 4.46. The van der Waals surface area contributed by atoms with E-state index in [1.54, 1.807) is 0 Å². The second kappa shape index (κ2) is 2.11. The number of carbonyl (C=O) groups excluding carboxylic acids is 2. The van der Waals surface area contributed by atoms with Gasteiger partial charge in [-0.2, -0.15) is 0 Å². The first-order valence-corrected chi connectivity index (χ1v) is 4.74. The number of nitrogens with one attached hydrogen (secondary N) is 1. The molecule has 0 saturated carbocycles. The maximum Gasteiger partial charge on any atom is 0.408 e. The van der Waals surface area contributed by atoms with Crippen LogP contribution in [-0.4, -0.2) is 18.0 Å². The van der Waals surface area contributed by atoms with E-state index in [-0.39, 0.29) is 11.8 Å². The lowest BCUT2D eigenvalue weighted by Gasteiger charge is -2.03. The summed E-state index contributed by atoms with van der Waals surface area (Å²) < 4.78 is 4.85. The summed E-state index contributed by atoms with van der Waals surface area (Å²) in [6.07, 6.45) is -1.12. The van der Waals surface area contributed by atoms with E-state index in [4.69, 9.17) is 4.74 Å². The summed E-state index contributed by atoms with van der Waals surface area (Å²) in [7, 11) is 0. The van der Waals surface area contributed by atoms with Gasteiger partial charge in [0.1, 0.15) is 6.04 Å². The van der Waals surface area contributed by atoms with Gasteiger partial charge in [0.2, 0.25) is 5.78 Å². The molecule has 1 fully saturated rings. The van der Waals surface area contributed by atoms with Crippen LogP contribution in [-0.2, 0) is 4.74 Å². The molecule has 2 atom stereocenters. The zero-order valence-electron chi connectivity index (χ0n) is 6.44. The molecule has 1 aliphatic heterocycles. The summed E-state index contributed by atoms with van der Waals surface area (Å²) in [6, 6.07) is 1.61. The van der Waals surface area contributed by atoms with Gasteiger partial charge in [-0.25, -0.2) is 4.79 Å². The predicted octanol–water partition coefficient (Wildman–Crippen LogP) is 1.09. The van der Waals surface area contributed by atoms with Crippen LogP contribution in [0.1, 0.15) is 21.3 Å². The van der Waals surface area contributed by atoms with Gasteiger partial charge in [-0.1, -0.05) is 0 Å². The number of ether oxygens (including phenoxy) is 1. The summed E-state index contributed by atoms with van der Waals surface area (Å²) in [6.45, 7) is 0. The fourth-order valence-corrected chi connectivity index (χ4v) is 2.67. The van der Waals surface area contributed by atoms with Gasteiger partial charge < -0.3 is 10.1 Å². The Kier molecular flexibility index (Phi) is 1.15. The van der Waals surface area contributed by atoms with Gasteiger partial charge in [0, 0.05) is 5.56 Å². The van der Waals surface area contributed by atoms with E-state index in [0.717, 1.165) is 10.4 Å². The first kappa shape index (κ1) is 7.08. The average Bonchev–Trinajstić information content (AvgIpc) is 2.70. The highest BCUT2D eigenvalue weighted by Crippen LogP contribution is 2.39. The molecule has 0 bridgehead atoms. The molecule has 5 heteroatoms. The highest BCUT2D eigenvalue weighted by atomic mass is 32.1. The standard InChI is InChI=1S/C8H5NO3S/c10-5-6-4(9-8(11)12-6)3-1-2-13-7(3)5/h1-2,4,6H,(H,9,11)/t4-,6-/m0/s1. The third-order valence-corrected chi connectivity index (χ3v) is 3.27. The first-order chi connectivity index (χ1) is 6.27. The molecule has 3 rings (SSSR count). The van der Waals surface area contributed by atoms with Gasteiger partial charge >= 0.3 is 6.09 Å². The van der Waals surface area contributed by atoms with Crippen LogP contribution in [0.3, 0.4) is 0 Å². The fourth-order valence-electron chi connectivity index (χ4n) is 1.76. The van der Waals surface area contributed by atoms with Crippen molar-refractivity contribution in [3.63, 3.8) is 0 Å². The molecule has 2 aliphatic rings. The minimum absolute atomic E-state index is 0.0756. The maximum absolute atomic E-state index is 11.6. The lowest BCUT2D eigenvalue weighted by molar-refractivity contribution is 0.0756. The molecule has 1 aromatic rings. The van der Waals surface area contributed by atoms with Crippen LogP contribution in [0, 0.1) is 0 Å². The number of ketones is 1. The molecular weight excluding hydrogens is 190 g/mol. The van der Waals surface area contributed by atoms with Crippen molar-refractivity contribution in [1.82, 2.24) is 5.32 Å². The van der Waals surface area contributed by atoms with Gasteiger partial charge in [0.15, 0.2) is 6.10 Å². The number of hydrogen-bond acceptors (Lipinski definition) is 4. The Bertz CT molecular complexity index is 411. The Morgan fingerprint density at radius 1 is 1.46 bits per heavy atom. The van der Waals surface area contributed by atoms with Crippen LogP contribution in [0.5, 0.6) is 0 Å². The van der Waals surface area contributed by atoms with Crippen molar-refractivity contribution in [2.45, 2.75) is 12.1 Å². The van der Waals surface area contributed by atoms with E-state index in [1.807, 2.05) is 11.4 Å². The number of amides is 1. The van der Waals surface area contributed by atoms with Gasteiger partial charge in [-0.15, -0.1) is 11.3 Å². The molecule has 0 unspecified atom stereocenters. The molecule has 4 nitrogen and oxygen atoms in total. The number of Topliss-reactive ketones (excluding diaryl/α,β-unsaturated/α-hetero) is 1. The fraction of sp³-hybridized carbons (Fsp3) is 0.250. The molecule has 13 heavy (non-hydrogen) atoms. The average molecular weight is 195 g/mol. The second-order valence-corrected chi connectivity index (χ2v) is 3.93. The number of alkyl carbamates (subject to hydrolysis) is 1. The smallest absolute Gasteiger partial charge is 0.408 e. The zero-order valence-corrected chi connectivity index (χ0v) is 7.26. The third-order valence-electron chi connectivity index (χ3n) is 2.32. The number of carbonyl (C=O) groups is 2. The van der Waals surface area contributed by atoms with E-state index < -0.39 is 12.2 Å². The minimum Gasteiger partial charge on any atom is -0.435 e. The van der Waals surface area contributed by atoms with Crippen molar-refractivity contribution < 1.29 is 14.3 Å². The first-order valence-electron chi connectivity index (χ1n) is 3.86. The van der Waals surface area contributed by atoms with Crippen molar-refractivity contribution in [2.24, 2.45) is 0 Å². The van der Waals surface area contributed by atoms with Gasteiger partial charge in [0.25, 0.3) is 0 Å². The van der Waals surface area contributed by atoms with Crippen LogP contribution in [0.15, 0.2) is 11.4 Å². The van der Waals surface area contributed by atoms with Crippen molar-refractivity contribution in [3.05, 3.63) is 21.9 Å². The largest absolute Gasteiger partial charge is 0.435 e. The van der Waals surface area contributed by atoms with Gasteiger partial charge in [-0.05, 0) is 11.4 Å². The molecule has 0 radical (unpaired) electrons. The molecule has 66 valence electrons. The Balaban J connectivity index is 2.14. The molecule has 1 aliphatic carbocycles. The molecule has 1 N–H and O–H groups in total. The molecule has 0 spiro atoms. The van der Waals surface area contributed by atoms with E-state index in [9.17, 15) is 9.59 Å². The summed E-state index contributed by atoms with van der Waals surface area (Å²) in [5.41, 5.74) is 0.894. The van der Waals surface area contributed by atoms with Crippen molar-refractivity contribution in [1.29, 1.82) is 0 Å². The second-order valence-electron chi connectivity index (χ2n) is 3.02. The topological polar surface area (TPSA) is 55.4 Å². The van der Waals surface area contributed by atoms with E-state index in [1.165, 1.54) is 11.3 Å². The summed E-state index contributed by atoms with van der Waals surface area (Å²) >= 11 is 1.40. The molecule has 1 amide bonds. The van der Waals surface area contributed by atoms with E-state index in [0.29, 0.717) is 0 Å². The molecule has 2 heterocycles. The lowest BCUT2D eigenvalue weighted by Crippen LogP contribution is -2.20. The van der Waals surface area contributed by atoms with Crippen molar-refractivity contribution in [2.75, 3.05) is 0 Å². The van der Waals surface area contributed by atoms with Crippen LogP contribution in [0.2, 0.25) is 0 Å². The highest BCUT2D eigenvalue weighted by Gasteiger charge is 2.48. The number of fused-ring (bicyclic) bond motifs is 3. The molecular formula is C8H5NO3S. The normalized spacial score (nSPS) is 29.5. The van der Waals surface area contributed by atoms with E-state index >= 15 is 0 Å². The SMILES string of the molecule is O=C1N[C@H]2c3ccsc3C(=O)[C@H]2O1. The third kappa shape index (κ3) is 0.746. The van der Waals surface area contributed by atoms with Crippen LogP contribution in [0.4, 0.5) is 4.79 Å². The quantitative estimate of drug-likeness (QED) is 0.674. The summed E-state index contributed by atoms with van der Waals surface area (Å²) in [4.78, 5) is 23.1. The number of rotatable bonds is 0. The van der Waals surface area contributed by atoms with Gasteiger partial charge in [0.05, 0.1) is 4.88 Å². The molecule has 0 aromatic carbocycles. The Labute approximate surface area is 77.5 Å². The van der Waals surface area contributed by atoms with Gasteiger partial charge in [-0.3, -0.25) is 4.79 Å².